The number of aryl methyl sites for hydroxylation is 1. The van der Waals surface area contributed by atoms with Crippen molar-refractivity contribution in [1.82, 2.24) is 4.98 Å². The topological polar surface area (TPSA) is 76.6 Å². The lowest BCUT2D eigenvalue weighted by Crippen LogP contribution is -2.31. The third kappa shape index (κ3) is 5.12. The van der Waals surface area contributed by atoms with Gasteiger partial charge >= 0.3 is 5.97 Å². The molecule has 0 saturated heterocycles. The maximum Gasteiger partial charge on any atom is 0.338 e. The van der Waals surface area contributed by atoms with Crippen LogP contribution >= 0.6 is 11.3 Å². The normalized spacial score (nSPS) is 11.9. The van der Waals surface area contributed by atoms with Gasteiger partial charge in [0.1, 0.15) is 5.01 Å². The van der Waals surface area contributed by atoms with Crippen LogP contribution in [0.2, 0.25) is 0 Å². The molecule has 1 heterocycles. The molecule has 3 rings (SSSR count). The molecular weight excluding hydrogens is 456 g/mol. The van der Waals surface area contributed by atoms with Crippen LogP contribution in [0.5, 0.6) is 0 Å². The largest absolute Gasteiger partial charge is 0.465 e. The first-order valence-electron chi connectivity index (χ1n) is 10.8. The summed E-state index contributed by atoms with van der Waals surface area (Å²) in [6.45, 7) is 10.3. The number of esters is 1. The minimum Gasteiger partial charge on any atom is -0.465 e. The quantitative estimate of drug-likeness (QED) is 0.402. The lowest BCUT2D eigenvalue weighted by atomic mass is 9.87. The fraction of sp³-hybridized carbons (Fsp3) is 0.360. The molecule has 0 aliphatic heterocycles. The second-order valence-electron chi connectivity index (χ2n) is 8.67. The number of nitrogens with zero attached hydrogens (tertiary/aromatic N) is 2. The number of benzene rings is 2. The fourth-order valence-corrected chi connectivity index (χ4v) is 5.85. The van der Waals surface area contributed by atoms with Crippen molar-refractivity contribution in [2.24, 2.45) is 0 Å². The standard InChI is InChI=1S/C25H30N2O4S2/c1-7-17-11-14-20(15-21(17)24(28)31-6)33(29,30)27(8-2)22-16-32-23(26-22)18-9-12-19(13-10-18)25(3,4)5/h9-16H,7-8H2,1-6H3. The third-order valence-corrected chi connectivity index (χ3v) is 8.24. The van der Waals surface area contributed by atoms with Crippen molar-refractivity contribution < 1.29 is 17.9 Å². The van der Waals surface area contributed by atoms with E-state index in [1.165, 1.54) is 40.4 Å². The molecular formula is C25H30N2O4S2. The van der Waals surface area contributed by atoms with Gasteiger partial charge in [0.15, 0.2) is 5.82 Å². The highest BCUT2D eigenvalue weighted by molar-refractivity contribution is 7.92. The van der Waals surface area contributed by atoms with Gasteiger partial charge in [-0.1, -0.05) is 58.0 Å². The maximum absolute atomic E-state index is 13.5. The fourth-order valence-electron chi connectivity index (χ4n) is 3.53. The Kier molecular flexibility index (Phi) is 7.29. The molecule has 0 aliphatic rings. The number of thiazole rings is 1. The molecule has 8 heteroatoms. The Morgan fingerprint density at radius 2 is 1.76 bits per heavy atom. The van der Waals surface area contributed by atoms with Gasteiger partial charge in [0.2, 0.25) is 0 Å². The molecule has 0 radical (unpaired) electrons. The van der Waals surface area contributed by atoms with E-state index in [1.807, 2.05) is 19.1 Å². The minimum absolute atomic E-state index is 0.0334. The zero-order valence-corrected chi connectivity index (χ0v) is 21.5. The van der Waals surface area contributed by atoms with Crippen LogP contribution in [-0.4, -0.2) is 33.0 Å². The van der Waals surface area contributed by atoms with E-state index in [1.54, 1.807) is 18.4 Å². The van der Waals surface area contributed by atoms with Crippen molar-refractivity contribution in [3.63, 3.8) is 0 Å². The molecule has 0 fully saturated rings. The van der Waals surface area contributed by atoms with Gasteiger partial charge in [0, 0.05) is 17.5 Å². The van der Waals surface area contributed by atoms with Crippen LogP contribution in [0.3, 0.4) is 0 Å². The Bertz CT molecular complexity index is 1240. The minimum atomic E-state index is -3.92. The van der Waals surface area contributed by atoms with Crippen molar-refractivity contribution in [1.29, 1.82) is 0 Å². The summed E-state index contributed by atoms with van der Waals surface area (Å²) in [4.78, 5) is 16.8. The van der Waals surface area contributed by atoms with Gasteiger partial charge in [-0.25, -0.2) is 22.5 Å². The van der Waals surface area contributed by atoms with Crippen LogP contribution in [0.15, 0.2) is 52.7 Å². The Labute approximate surface area is 200 Å². The van der Waals surface area contributed by atoms with E-state index >= 15 is 0 Å². The number of anilines is 1. The molecule has 0 spiro atoms. The Morgan fingerprint density at radius 1 is 1.09 bits per heavy atom. The lowest BCUT2D eigenvalue weighted by molar-refractivity contribution is 0.0599. The molecule has 0 aliphatic carbocycles. The van der Waals surface area contributed by atoms with Crippen LogP contribution in [0.25, 0.3) is 10.6 Å². The van der Waals surface area contributed by atoms with Gasteiger partial charge in [-0.3, -0.25) is 0 Å². The van der Waals surface area contributed by atoms with E-state index in [4.69, 9.17) is 4.74 Å². The summed E-state index contributed by atoms with van der Waals surface area (Å²) in [7, 11) is -2.63. The van der Waals surface area contributed by atoms with E-state index in [2.05, 4.69) is 37.9 Å². The first-order valence-corrected chi connectivity index (χ1v) is 13.1. The summed E-state index contributed by atoms with van der Waals surface area (Å²) in [6.07, 6.45) is 0.589. The number of ether oxygens (including phenoxy) is 1. The van der Waals surface area contributed by atoms with Gasteiger partial charge < -0.3 is 4.74 Å². The van der Waals surface area contributed by atoms with Gasteiger partial charge in [-0.05, 0) is 42.0 Å². The molecule has 176 valence electrons. The number of hydrogen-bond acceptors (Lipinski definition) is 6. The van der Waals surface area contributed by atoms with Crippen molar-refractivity contribution in [2.75, 3.05) is 18.0 Å². The zero-order valence-electron chi connectivity index (χ0n) is 19.9. The van der Waals surface area contributed by atoms with Gasteiger partial charge in [-0.2, -0.15) is 0 Å². The predicted molar refractivity (Wildman–Crippen MR) is 134 cm³/mol. The molecule has 33 heavy (non-hydrogen) atoms. The number of rotatable bonds is 7. The van der Waals surface area contributed by atoms with E-state index in [0.717, 1.165) is 16.1 Å². The van der Waals surface area contributed by atoms with Crippen molar-refractivity contribution in [3.8, 4) is 10.6 Å². The molecule has 0 amide bonds. The van der Waals surface area contributed by atoms with E-state index < -0.39 is 16.0 Å². The number of aromatic nitrogens is 1. The second-order valence-corrected chi connectivity index (χ2v) is 11.4. The van der Waals surface area contributed by atoms with Crippen LogP contribution in [-0.2, 0) is 26.6 Å². The van der Waals surface area contributed by atoms with Crippen molar-refractivity contribution >= 4 is 33.1 Å². The molecule has 3 aromatic rings. The molecule has 0 N–H and O–H groups in total. The Morgan fingerprint density at radius 3 is 2.30 bits per heavy atom. The van der Waals surface area contributed by atoms with Gasteiger partial charge in [-0.15, -0.1) is 11.3 Å². The number of hydrogen-bond donors (Lipinski definition) is 0. The summed E-state index contributed by atoms with van der Waals surface area (Å²) in [5, 5.41) is 2.49. The first kappa shape index (κ1) is 24.9. The molecule has 0 atom stereocenters. The summed E-state index contributed by atoms with van der Waals surface area (Å²) in [5.41, 5.74) is 3.20. The predicted octanol–water partition coefficient (Wildman–Crippen LogP) is 5.67. The highest BCUT2D eigenvalue weighted by atomic mass is 32.2. The molecule has 0 unspecified atom stereocenters. The third-order valence-electron chi connectivity index (χ3n) is 5.49. The van der Waals surface area contributed by atoms with Crippen LogP contribution in [0.4, 0.5) is 5.82 Å². The summed E-state index contributed by atoms with van der Waals surface area (Å²) >= 11 is 1.40. The summed E-state index contributed by atoms with van der Waals surface area (Å²) in [6, 6.07) is 12.8. The smallest absolute Gasteiger partial charge is 0.338 e. The molecule has 6 nitrogen and oxygen atoms in total. The van der Waals surface area contributed by atoms with Gasteiger partial charge in [0.05, 0.1) is 17.6 Å². The highest BCUT2D eigenvalue weighted by Crippen LogP contribution is 2.32. The molecule has 1 aromatic heterocycles. The monoisotopic (exact) mass is 486 g/mol. The average molecular weight is 487 g/mol. The number of sulfonamides is 1. The van der Waals surface area contributed by atoms with E-state index in [-0.39, 0.29) is 22.4 Å². The van der Waals surface area contributed by atoms with Gasteiger partial charge in [0.25, 0.3) is 10.0 Å². The molecule has 0 saturated carbocycles. The zero-order chi connectivity index (χ0) is 24.4. The van der Waals surface area contributed by atoms with Crippen molar-refractivity contribution in [2.45, 2.75) is 51.3 Å². The average Bonchev–Trinajstić information content (AvgIpc) is 3.27. The Hall–Kier alpha value is -2.71. The van der Waals surface area contributed by atoms with Crippen LogP contribution in [0, 0.1) is 0 Å². The first-order chi connectivity index (χ1) is 15.5. The molecule has 2 aromatic carbocycles. The van der Waals surface area contributed by atoms with Crippen LogP contribution < -0.4 is 4.31 Å². The van der Waals surface area contributed by atoms with E-state index in [0.29, 0.717) is 12.2 Å². The number of carbonyl (C=O) groups excluding carboxylic acids is 1. The number of methoxy groups -OCH3 is 1. The highest BCUT2D eigenvalue weighted by Gasteiger charge is 2.27. The summed E-state index contributed by atoms with van der Waals surface area (Å²) < 4.78 is 33.0. The summed E-state index contributed by atoms with van der Waals surface area (Å²) in [5.74, 6) is -0.196. The second kappa shape index (κ2) is 9.65. The van der Waals surface area contributed by atoms with E-state index in [9.17, 15) is 13.2 Å². The molecule has 0 bridgehead atoms. The van der Waals surface area contributed by atoms with Crippen molar-refractivity contribution in [3.05, 3.63) is 64.5 Å². The number of carbonyl (C=O) groups is 1. The maximum atomic E-state index is 13.5. The Balaban J connectivity index is 1.97. The van der Waals surface area contributed by atoms with Crippen LogP contribution in [0.1, 0.15) is 56.1 Å². The SMILES string of the molecule is CCc1ccc(S(=O)(=O)N(CC)c2csc(-c3ccc(C(C)(C)C)cc3)n2)cc1C(=O)OC. The lowest BCUT2D eigenvalue weighted by Gasteiger charge is -2.21.